The van der Waals surface area contributed by atoms with Crippen molar-refractivity contribution in [1.29, 1.82) is 0 Å². The van der Waals surface area contributed by atoms with Gasteiger partial charge in [-0.05, 0) is 24.5 Å². The topological polar surface area (TPSA) is 45.5 Å². The third kappa shape index (κ3) is 2.09. The Kier molecular flexibility index (Phi) is 2.89. The van der Waals surface area contributed by atoms with E-state index in [2.05, 4.69) is 10.2 Å². The average molecular weight is 234 g/mol. The second-order valence-electron chi connectivity index (χ2n) is 4.94. The van der Waals surface area contributed by atoms with Gasteiger partial charge in [-0.2, -0.15) is 0 Å². The van der Waals surface area contributed by atoms with Gasteiger partial charge in [-0.1, -0.05) is 0 Å². The summed E-state index contributed by atoms with van der Waals surface area (Å²) < 4.78 is 5.25. The monoisotopic (exact) mass is 234 g/mol. The van der Waals surface area contributed by atoms with Gasteiger partial charge in [-0.25, -0.2) is 0 Å². The molecule has 0 unspecified atom stereocenters. The molecule has 2 atom stereocenters. The van der Waals surface area contributed by atoms with Gasteiger partial charge in [0.1, 0.15) is 5.76 Å². The molecule has 0 bridgehead atoms. The lowest BCUT2D eigenvalue weighted by atomic mass is 10.1. The summed E-state index contributed by atoms with van der Waals surface area (Å²) in [7, 11) is 0. The van der Waals surface area contributed by atoms with E-state index in [0.29, 0.717) is 24.8 Å². The zero-order valence-corrected chi connectivity index (χ0v) is 9.89. The lowest BCUT2D eigenvalue weighted by molar-refractivity contribution is -0.132. The number of carbonyl (C=O) groups excluding carboxylic acids is 1. The molecule has 1 amide bonds. The number of furan rings is 1. The minimum atomic E-state index is 0.276. The van der Waals surface area contributed by atoms with Crippen molar-refractivity contribution >= 4 is 5.91 Å². The smallest absolute Gasteiger partial charge is 0.223 e. The molecule has 2 fully saturated rings. The van der Waals surface area contributed by atoms with Crippen LogP contribution >= 0.6 is 0 Å². The fourth-order valence-corrected chi connectivity index (χ4v) is 2.99. The van der Waals surface area contributed by atoms with Crippen LogP contribution in [0.4, 0.5) is 0 Å². The maximum atomic E-state index is 12.1. The van der Waals surface area contributed by atoms with Gasteiger partial charge in [0.15, 0.2) is 0 Å². The third-order valence-corrected chi connectivity index (χ3v) is 3.93. The average Bonchev–Trinajstić information content (AvgIpc) is 3.02. The highest BCUT2D eigenvalue weighted by Gasteiger charge is 2.39. The van der Waals surface area contributed by atoms with Gasteiger partial charge in [0.05, 0.1) is 6.26 Å². The number of aryl methyl sites for hydroxylation is 1. The lowest BCUT2D eigenvalue weighted by Gasteiger charge is -2.23. The van der Waals surface area contributed by atoms with Gasteiger partial charge in [0.2, 0.25) is 5.91 Å². The van der Waals surface area contributed by atoms with E-state index in [-0.39, 0.29) is 5.91 Å². The Balaban J connectivity index is 1.55. The van der Waals surface area contributed by atoms with Gasteiger partial charge in [-0.15, -0.1) is 0 Å². The first kappa shape index (κ1) is 10.8. The van der Waals surface area contributed by atoms with Crippen LogP contribution in [-0.2, 0) is 11.2 Å². The summed E-state index contributed by atoms with van der Waals surface area (Å²) in [6.45, 7) is 2.98. The Morgan fingerprint density at radius 2 is 2.47 bits per heavy atom. The van der Waals surface area contributed by atoms with E-state index in [1.165, 1.54) is 0 Å². The fourth-order valence-electron chi connectivity index (χ4n) is 2.99. The van der Waals surface area contributed by atoms with Gasteiger partial charge < -0.3 is 14.6 Å². The number of fused-ring (bicyclic) bond motifs is 1. The highest BCUT2D eigenvalue weighted by Crippen LogP contribution is 2.27. The largest absolute Gasteiger partial charge is 0.469 e. The van der Waals surface area contributed by atoms with Crippen molar-refractivity contribution in [2.75, 3.05) is 19.6 Å². The molecule has 92 valence electrons. The Hall–Kier alpha value is -1.29. The molecule has 3 rings (SSSR count). The van der Waals surface area contributed by atoms with Crippen LogP contribution in [-0.4, -0.2) is 36.5 Å². The van der Waals surface area contributed by atoms with Crippen LogP contribution in [0.5, 0.6) is 0 Å². The van der Waals surface area contributed by atoms with Crippen LogP contribution in [0.1, 0.15) is 18.6 Å². The minimum absolute atomic E-state index is 0.276. The Labute approximate surface area is 101 Å². The molecule has 1 aromatic rings. The number of nitrogens with one attached hydrogen (secondary N) is 1. The van der Waals surface area contributed by atoms with Crippen LogP contribution in [0, 0.1) is 5.92 Å². The third-order valence-electron chi connectivity index (χ3n) is 3.93. The summed E-state index contributed by atoms with van der Waals surface area (Å²) in [5.74, 6) is 1.86. The van der Waals surface area contributed by atoms with Crippen molar-refractivity contribution < 1.29 is 9.21 Å². The number of rotatable bonds is 3. The number of nitrogens with zero attached hydrogens (tertiary/aromatic N) is 1. The van der Waals surface area contributed by atoms with Crippen molar-refractivity contribution in [3.8, 4) is 0 Å². The zero-order valence-electron chi connectivity index (χ0n) is 9.89. The zero-order chi connectivity index (χ0) is 11.7. The van der Waals surface area contributed by atoms with E-state index in [9.17, 15) is 4.79 Å². The molecule has 0 aromatic carbocycles. The molecule has 1 aromatic heterocycles. The second-order valence-corrected chi connectivity index (χ2v) is 4.94. The van der Waals surface area contributed by atoms with E-state index >= 15 is 0 Å². The number of likely N-dealkylation sites (tertiary alicyclic amines) is 1. The first-order valence-electron chi connectivity index (χ1n) is 6.37. The van der Waals surface area contributed by atoms with Gasteiger partial charge >= 0.3 is 0 Å². The fraction of sp³-hybridized carbons (Fsp3) is 0.615. The van der Waals surface area contributed by atoms with Crippen LogP contribution in [0.3, 0.4) is 0 Å². The number of carbonyl (C=O) groups is 1. The quantitative estimate of drug-likeness (QED) is 0.849. The van der Waals surface area contributed by atoms with Crippen LogP contribution in [0.25, 0.3) is 0 Å². The molecule has 0 aliphatic carbocycles. The van der Waals surface area contributed by atoms with Gasteiger partial charge in [-0.3, -0.25) is 4.79 Å². The highest BCUT2D eigenvalue weighted by atomic mass is 16.3. The summed E-state index contributed by atoms with van der Waals surface area (Å²) in [6, 6.07) is 4.24. The molecule has 2 aliphatic rings. The molecule has 0 saturated carbocycles. The Bertz CT molecular complexity index is 388. The highest BCUT2D eigenvalue weighted by molar-refractivity contribution is 5.77. The number of hydrogen-bond acceptors (Lipinski definition) is 3. The summed E-state index contributed by atoms with van der Waals surface area (Å²) in [5, 5.41) is 3.37. The summed E-state index contributed by atoms with van der Waals surface area (Å²) in [6.07, 6.45) is 4.10. The maximum absolute atomic E-state index is 12.1. The molecule has 4 nitrogen and oxygen atoms in total. The summed E-state index contributed by atoms with van der Waals surface area (Å²) >= 11 is 0. The number of hydrogen-bond donors (Lipinski definition) is 1. The molecule has 0 spiro atoms. The first-order chi connectivity index (χ1) is 8.34. The van der Waals surface area contributed by atoms with E-state index in [1.807, 2.05) is 12.1 Å². The predicted molar refractivity (Wildman–Crippen MR) is 63.5 cm³/mol. The normalized spacial score (nSPS) is 27.4. The van der Waals surface area contributed by atoms with E-state index < -0.39 is 0 Å². The van der Waals surface area contributed by atoms with Crippen molar-refractivity contribution in [1.82, 2.24) is 10.2 Å². The number of amides is 1. The van der Waals surface area contributed by atoms with Crippen molar-refractivity contribution in [3.05, 3.63) is 24.2 Å². The molecular weight excluding hydrogens is 216 g/mol. The molecule has 0 radical (unpaired) electrons. The predicted octanol–water partition coefficient (Wildman–Crippen LogP) is 1.03. The molecule has 2 saturated heterocycles. The van der Waals surface area contributed by atoms with E-state index in [4.69, 9.17) is 4.42 Å². The minimum Gasteiger partial charge on any atom is -0.469 e. The Morgan fingerprint density at radius 3 is 3.29 bits per heavy atom. The SMILES string of the molecule is O=C(CCc1ccco1)N1CC[C@H]2CNC[C@H]21. The van der Waals surface area contributed by atoms with Crippen LogP contribution < -0.4 is 5.32 Å². The van der Waals surface area contributed by atoms with E-state index in [1.54, 1.807) is 6.26 Å². The molecule has 17 heavy (non-hydrogen) atoms. The maximum Gasteiger partial charge on any atom is 0.223 e. The van der Waals surface area contributed by atoms with Gasteiger partial charge in [0, 0.05) is 38.5 Å². The van der Waals surface area contributed by atoms with Crippen molar-refractivity contribution in [2.45, 2.75) is 25.3 Å². The lowest BCUT2D eigenvalue weighted by Crippen LogP contribution is -2.39. The molecular formula is C13H18N2O2. The van der Waals surface area contributed by atoms with Gasteiger partial charge in [0.25, 0.3) is 0 Å². The second kappa shape index (κ2) is 4.53. The Morgan fingerprint density at radius 1 is 1.53 bits per heavy atom. The molecule has 2 aliphatic heterocycles. The summed E-state index contributed by atoms with van der Waals surface area (Å²) in [5.41, 5.74) is 0. The van der Waals surface area contributed by atoms with Crippen LogP contribution in [0.15, 0.2) is 22.8 Å². The molecule has 3 heterocycles. The standard InChI is InChI=1S/C13H18N2O2/c16-13(4-3-11-2-1-7-17-11)15-6-5-10-8-14-9-12(10)15/h1-2,7,10,12,14H,3-6,8-9H2/t10-,12+/m0/s1. The molecule has 4 heteroatoms. The summed E-state index contributed by atoms with van der Waals surface area (Å²) in [4.78, 5) is 14.2. The van der Waals surface area contributed by atoms with Crippen LogP contribution in [0.2, 0.25) is 0 Å². The first-order valence-corrected chi connectivity index (χ1v) is 6.37. The van der Waals surface area contributed by atoms with E-state index in [0.717, 1.165) is 31.8 Å². The molecule has 1 N–H and O–H groups in total. The van der Waals surface area contributed by atoms with Crippen molar-refractivity contribution in [3.63, 3.8) is 0 Å². The van der Waals surface area contributed by atoms with Crippen molar-refractivity contribution in [2.24, 2.45) is 5.92 Å².